The van der Waals surface area contributed by atoms with Gasteiger partial charge in [-0.1, -0.05) is 27.5 Å². The molecular formula is C12H11BrCl2O5S. The summed E-state index contributed by atoms with van der Waals surface area (Å²) < 4.78 is 33.6. The van der Waals surface area contributed by atoms with Crippen LogP contribution in [0.25, 0.3) is 0 Å². The Bertz CT molecular complexity index is 656. The first-order valence-corrected chi connectivity index (χ1v) is 9.45. The molecule has 116 valence electrons. The molecule has 0 radical (unpaired) electrons. The predicted molar refractivity (Wildman–Crippen MR) is 81.4 cm³/mol. The highest BCUT2D eigenvalue weighted by atomic mass is 79.9. The Hall–Kier alpha value is -0.340. The second-order valence-electron chi connectivity index (χ2n) is 4.53. The van der Waals surface area contributed by atoms with Crippen LogP contribution in [0, 0.1) is 5.92 Å². The van der Waals surface area contributed by atoms with Crippen molar-refractivity contribution in [3.05, 3.63) is 27.2 Å². The van der Waals surface area contributed by atoms with Crippen LogP contribution in [0.5, 0.6) is 0 Å². The molecule has 2 rings (SSSR count). The van der Waals surface area contributed by atoms with Gasteiger partial charge in [-0.3, -0.25) is 0 Å². The van der Waals surface area contributed by atoms with Gasteiger partial charge in [0.1, 0.15) is 4.90 Å². The number of carbonyl (C=O) groups excluding carboxylic acids is 1. The number of carbonyl (C=O) groups is 1. The molecule has 0 N–H and O–H groups in total. The van der Waals surface area contributed by atoms with Crippen LogP contribution in [-0.2, 0) is 18.5 Å². The van der Waals surface area contributed by atoms with E-state index in [0.29, 0.717) is 17.7 Å². The normalized spacial score (nSPS) is 18.7. The van der Waals surface area contributed by atoms with Crippen LogP contribution in [0.15, 0.2) is 21.5 Å². The average molecular weight is 418 g/mol. The summed E-state index contributed by atoms with van der Waals surface area (Å²) in [5, 5.41) is -0.249. The molecule has 1 heterocycles. The molecule has 21 heavy (non-hydrogen) atoms. The van der Waals surface area contributed by atoms with E-state index in [4.69, 9.17) is 31.8 Å². The first-order chi connectivity index (χ1) is 9.79. The number of halogens is 3. The van der Waals surface area contributed by atoms with Crippen molar-refractivity contribution in [3.63, 3.8) is 0 Å². The second-order valence-corrected chi connectivity index (χ2v) is 8.36. The first-order valence-electron chi connectivity index (χ1n) is 5.97. The molecule has 1 aromatic carbocycles. The molecular weight excluding hydrogens is 407 g/mol. The van der Waals surface area contributed by atoms with Gasteiger partial charge in [-0.15, -0.1) is 0 Å². The van der Waals surface area contributed by atoms with Crippen LogP contribution < -0.4 is 0 Å². The minimum absolute atomic E-state index is 0.0517. The maximum Gasteiger partial charge on any atom is 0.339 e. The van der Waals surface area contributed by atoms with Gasteiger partial charge < -0.3 is 9.47 Å². The van der Waals surface area contributed by atoms with Gasteiger partial charge in [0.15, 0.2) is 0 Å². The van der Waals surface area contributed by atoms with Crippen LogP contribution in [0.4, 0.5) is 0 Å². The molecule has 1 aromatic rings. The largest absolute Gasteiger partial charge is 0.462 e. The molecule has 1 atom stereocenters. The fourth-order valence-electron chi connectivity index (χ4n) is 1.88. The molecule has 1 unspecified atom stereocenters. The maximum atomic E-state index is 12.0. The molecule has 0 aromatic heterocycles. The van der Waals surface area contributed by atoms with Crippen molar-refractivity contribution in [1.82, 2.24) is 0 Å². The summed E-state index contributed by atoms with van der Waals surface area (Å²) in [6, 6.07) is 2.62. The van der Waals surface area contributed by atoms with Gasteiger partial charge in [0, 0.05) is 27.7 Å². The molecule has 5 nitrogen and oxygen atoms in total. The van der Waals surface area contributed by atoms with Crippen LogP contribution >= 0.6 is 38.2 Å². The standard InChI is InChI=1S/C12H11BrCl2O5S/c13-8-3-9(11(14)10(4-8)21(15,17)18)12(16)20-6-7-1-2-19-5-7/h3-4,7H,1-2,5-6H2. The SMILES string of the molecule is O=C(OCC1CCOC1)c1cc(Br)cc(S(=O)(=O)Cl)c1Cl. The summed E-state index contributed by atoms with van der Waals surface area (Å²) in [5.74, 6) is -0.550. The van der Waals surface area contributed by atoms with E-state index in [1.54, 1.807) is 0 Å². The lowest BCUT2D eigenvalue weighted by atomic mass is 10.1. The summed E-state index contributed by atoms with van der Waals surface area (Å²) in [6.45, 7) is 1.39. The van der Waals surface area contributed by atoms with Crippen molar-refractivity contribution in [2.75, 3.05) is 19.8 Å². The van der Waals surface area contributed by atoms with Gasteiger partial charge in [0.05, 0.1) is 23.8 Å². The Balaban J connectivity index is 2.22. The van der Waals surface area contributed by atoms with Crippen LogP contribution in [-0.4, -0.2) is 34.2 Å². The highest BCUT2D eigenvalue weighted by Gasteiger charge is 2.24. The number of hydrogen-bond donors (Lipinski definition) is 0. The van der Waals surface area contributed by atoms with Crippen molar-refractivity contribution in [2.45, 2.75) is 11.3 Å². The van der Waals surface area contributed by atoms with Gasteiger partial charge >= 0.3 is 5.97 Å². The van der Waals surface area contributed by atoms with E-state index in [2.05, 4.69) is 15.9 Å². The first kappa shape index (κ1) is 17.0. The molecule has 1 saturated heterocycles. The summed E-state index contributed by atoms with van der Waals surface area (Å²) in [4.78, 5) is 11.7. The van der Waals surface area contributed by atoms with Crippen molar-refractivity contribution in [1.29, 1.82) is 0 Å². The van der Waals surface area contributed by atoms with E-state index < -0.39 is 15.0 Å². The average Bonchev–Trinajstić information content (AvgIpc) is 2.90. The zero-order chi connectivity index (χ0) is 15.6. The quantitative estimate of drug-likeness (QED) is 0.555. The highest BCUT2D eigenvalue weighted by Crippen LogP contribution is 2.32. The van der Waals surface area contributed by atoms with E-state index in [0.717, 1.165) is 6.42 Å². The summed E-state index contributed by atoms with van der Waals surface area (Å²) in [6.07, 6.45) is 0.820. The highest BCUT2D eigenvalue weighted by molar-refractivity contribution is 9.10. The number of hydrogen-bond acceptors (Lipinski definition) is 5. The maximum absolute atomic E-state index is 12.0. The van der Waals surface area contributed by atoms with Crippen LogP contribution in [0.3, 0.4) is 0 Å². The topological polar surface area (TPSA) is 69.7 Å². The molecule has 0 saturated carbocycles. The summed E-state index contributed by atoms with van der Waals surface area (Å²) in [5.41, 5.74) is -0.0517. The Morgan fingerprint density at radius 3 is 2.76 bits per heavy atom. The van der Waals surface area contributed by atoms with Crippen molar-refractivity contribution >= 4 is 53.2 Å². The van der Waals surface area contributed by atoms with Gasteiger partial charge in [-0.25, -0.2) is 13.2 Å². The molecule has 0 bridgehead atoms. The van der Waals surface area contributed by atoms with Gasteiger partial charge in [0.25, 0.3) is 9.05 Å². The smallest absolute Gasteiger partial charge is 0.339 e. The number of esters is 1. The second kappa shape index (κ2) is 6.83. The van der Waals surface area contributed by atoms with Gasteiger partial charge in [-0.2, -0.15) is 0 Å². The van der Waals surface area contributed by atoms with Gasteiger partial charge in [0.2, 0.25) is 0 Å². The Labute approximate surface area is 140 Å². The third-order valence-corrected chi connectivity index (χ3v) is 5.28. The van der Waals surface area contributed by atoms with Crippen molar-refractivity contribution in [2.24, 2.45) is 5.92 Å². The Morgan fingerprint density at radius 2 is 2.19 bits per heavy atom. The third kappa shape index (κ3) is 4.32. The van der Waals surface area contributed by atoms with E-state index in [1.165, 1.54) is 12.1 Å². The minimum atomic E-state index is -4.06. The lowest BCUT2D eigenvalue weighted by Crippen LogP contribution is -2.15. The molecule has 0 amide bonds. The molecule has 0 aliphatic carbocycles. The molecule has 1 fully saturated rings. The molecule has 1 aliphatic heterocycles. The van der Waals surface area contributed by atoms with Gasteiger partial charge in [-0.05, 0) is 18.6 Å². The fraction of sp³-hybridized carbons (Fsp3) is 0.417. The summed E-state index contributed by atoms with van der Waals surface area (Å²) >= 11 is 9.06. The number of rotatable bonds is 4. The van der Waals surface area contributed by atoms with E-state index in [1.807, 2.05) is 0 Å². The summed E-state index contributed by atoms with van der Waals surface area (Å²) in [7, 11) is 1.23. The Kier molecular flexibility index (Phi) is 5.54. The molecule has 1 aliphatic rings. The Morgan fingerprint density at radius 1 is 1.48 bits per heavy atom. The van der Waals surface area contributed by atoms with Crippen LogP contribution in [0.1, 0.15) is 16.8 Å². The van der Waals surface area contributed by atoms with Crippen molar-refractivity contribution < 1.29 is 22.7 Å². The van der Waals surface area contributed by atoms with E-state index >= 15 is 0 Å². The molecule has 0 spiro atoms. The van der Waals surface area contributed by atoms with Crippen LogP contribution in [0.2, 0.25) is 5.02 Å². The zero-order valence-corrected chi connectivity index (χ0v) is 14.6. The van der Waals surface area contributed by atoms with Crippen molar-refractivity contribution in [3.8, 4) is 0 Å². The fourth-order valence-corrected chi connectivity index (χ4v) is 4.05. The number of benzene rings is 1. The number of ether oxygens (including phenoxy) is 2. The third-order valence-electron chi connectivity index (χ3n) is 2.96. The van der Waals surface area contributed by atoms with E-state index in [-0.39, 0.29) is 28.0 Å². The lowest BCUT2D eigenvalue weighted by molar-refractivity contribution is 0.0428. The van der Waals surface area contributed by atoms with E-state index in [9.17, 15) is 13.2 Å². The monoisotopic (exact) mass is 416 g/mol. The zero-order valence-electron chi connectivity index (χ0n) is 10.6. The molecule has 9 heteroatoms. The minimum Gasteiger partial charge on any atom is -0.462 e. The lowest BCUT2D eigenvalue weighted by Gasteiger charge is -2.11. The predicted octanol–water partition coefficient (Wildman–Crippen LogP) is 3.22.